The lowest BCUT2D eigenvalue weighted by atomic mass is 9.55. The van der Waals surface area contributed by atoms with Crippen LogP contribution in [-0.4, -0.2) is 29.9 Å². The van der Waals surface area contributed by atoms with Crippen molar-refractivity contribution >= 4 is 86.2 Å². The molecular formula is C104H72N6. The normalized spacial score (nSPS) is 12.9. The first kappa shape index (κ1) is 65.6. The minimum absolute atomic E-state index is 0.0819. The van der Waals surface area contributed by atoms with E-state index < -0.39 is 0 Å². The number of rotatable bonds is 9. The van der Waals surface area contributed by atoms with Crippen LogP contribution in [0, 0.1) is 0 Å². The van der Waals surface area contributed by atoms with Crippen LogP contribution in [0.3, 0.4) is 0 Å². The highest BCUT2D eigenvalue weighted by atomic mass is 15.0. The molecule has 2 heterocycles. The predicted octanol–water partition coefficient (Wildman–Crippen LogP) is 27.2. The largest absolute Gasteiger partial charge is 0.208 e. The second-order valence-corrected chi connectivity index (χ2v) is 30.0. The van der Waals surface area contributed by atoms with Gasteiger partial charge in [0.1, 0.15) is 0 Å². The molecule has 0 fully saturated rings. The fraction of sp³-hybridized carbons (Fsp3) is 0.0577. The summed E-state index contributed by atoms with van der Waals surface area (Å²) in [7, 11) is 0. The quantitative estimate of drug-likeness (QED) is 0.134. The smallest absolute Gasteiger partial charge is 0.164 e. The predicted molar refractivity (Wildman–Crippen MR) is 460 cm³/mol. The highest BCUT2D eigenvalue weighted by Crippen LogP contribution is 2.55. The van der Waals surface area contributed by atoms with E-state index in [2.05, 4.69) is 349 Å². The third-order valence-corrected chi connectivity index (χ3v) is 23.3. The van der Waals surface area contributed by atoms with Gasteiger partial charge in [0.05, 0.1) is 0 Å². The van der Waals surface area contributed by atoms with Crippen LogP contribution in [0.2, 0.25) is 0 Å². The summed E-state index contributed by atoms with van der Waals surface area (Å²) in [5.41, 5.74) is 17.6. The lowest BCUT2D eigenvalue weighted by Gasteiger charge is -2.48. The van der Waals surface area contributed by atoms with Crippen molar-refractivity contribution < 1.29 is 0 Å². The van der Waals surface area contributed by atoms with Gasteiger partial charge in [0.2, 0.25) is 0 Å². The summed E-state index contributed by atoms with van der Waals surface area (Å²) < 4.78 is 0. The van der Waals surface area contributed by atoms with E-state index in [9.17, 15) is 0 Å². The molecule has 2 aromatic heterocycles. The van der Waals surface area contributed by atoms with Crippen molar-refractivity contribution in [2.45, 2.75) is 38.5 Å². The molecule has 18 aromatic carbocycles. The van der Waals surface area contributed by atoms with Gasteiger partial charge >= 0.3 is 0 Å². The second-order valence-electron chi connectivity index (χ2n) is 30.0. The van der Waals surface area contributed by atoms with E-state index in [-0.39, 0.29) is 10.8 Å². The monoisotopic (exact) mass is 1400 g/mol. The molecule has 0 atom stereocenters. The van der Waals surface area contributed by atoms with Gasteiger partial charge < -0.3 is 0 Å². The van der Waals surface area contributed by atoms with E-state index in [1.807, 2.05) is 42.5 Å². The second kappa shape index (κ2) is 26.5. The van der Waals surface area contributed by atoms with Gasteiger partial charge in [-0.2, -0.15) is 0 Å². The molecule has 0 saturated carbocycles. The van der Waals surface area contributed by atoms with Gasteiger partial charge in [-0.3, -0.25) is 0 Å². The Morgan fingerprint density at radius 1 is 0.164 bits per heavy atom. The van der Waals surface area contributed by atoms with E-state index >= 15 is 0 Å². The van der Waals surface area contributed by atoms with Crippen molar-refractivity contribution in [1.82, 2.24) is 29.9 Å². The summed E-state index contributed by atoms with van der Waals surface area (Å²) in [6, 6.07) is 130. The molecule has 6 heteroatoms. The number of hydrogen-bond acceptors (Lipinski definition) is 6. The summed E-state index contributed by atoms with van der Waals surface area (Å²) in [5, 5.41) is 20.0. The van der Waals surface area contributed by atoms with E-state index in [1.165, 1.54) is 120 Å². The van der Waals surface area contributed by atoms with Crippen molar-refractivity contribution in [2.24, 2.45) is 0 Å². The van der Waals surface area contributed by atoms with E-state index in [4.69, 9.17) is 29.9 Å². The summed E-state index contributed by atoms with van der Waals surface area (Å²) in [6.07, 6.45) is 0. The van der Waals surface area contributed by atoms with Crippen LogP contribution in [0.1, 0.15) is 38.8 Å². The third-order valence-electron chi connectivity index (χ3n) is 23.3. The lowest BCUT2D eigenvalue weighted by molar-refractivity contribution is 0.299. The maximum Gasteiger partial charge on any atom is 0.164 e. The van der Waals surface area contributed by atoms with Crippen molar-refractivity contribution in [3.05, 3.63) is 375 Å². The molecule has 21 rings (SSSR count). The highest BCUT2D eigenvalue weighted by molar-refractivity contribution is 6.28. The number of hydrogen-bond donors (Lipinski definition) is 0. The SMILES string of the molecule is CC1(C)c2ccccc2-c2ccc(-c3nc(-c4ccccc4)nc(-c4cccc(-c5cc6c(ccc7ccc8ccccc8c76)c6ccccc56)c4)n3)cc2C1(C)C.c1ccc(-c2cccc(-c3nc(-c4ccccc4)nc(-c4cccc(-c5cc6c(ccc7ccc8ccccc8c76)c6ccccc56)c4)n3)c2)cc1. The standard InChI is InChI=1S/C55H41N3.C49H31N3/c1-54(2)48-24-13-12-23-44(48)45-30-28-39(32-49(45)55(54,3)4)53-57-51(36-16-6-5-7-17-36)56-52(58-53)38-19-14-18-37(31-38)46-33-47-43(41-21-10-11-22-42(41)46)29-27-35-26-25-34-15-8-9-20-40(34)50(35)47;1-3-13-32(14-4-1)36-18-11-20-38(29-36)48-50-47(35-16-5-2-6-17-35)51-49(52-48)39-21-12-19-37(30-39)44-31-45-43(41-23-9-10-24-42(41)44)28-27-34-26-25-33-15-7-8-22-40(33)46(34)45/h5-33H,1-4H3;1-31H. The summed E-state index contributed by atoms with van der Waals surface area (Å²) in [5.74, 6) is 3.89. The zero-order valence-electron chi connectivity index (χ0n) is 61.3. The minimum Gasteiger partial charge on any atom is -0.208 e. The molecule has 1 aliphatic rings. The Morgan fingerprint density at radius 3 is 0.945 bits per heavy atom. The first-order valence-electron chi connectivity index (χ1n) is 37.8. The average Bonchev–Trinajstić information content (AvgIpc) is 0.713. The summed E-state index contributed by atoms with van der Waals surface area (Å²) in [6.45, 7) is 9.47. The lowest BCUT2D eigenvalue weighted by Crippen LogP contribution is -2.43. The van der Waals surface area contributed by atoms with Crippen molar-refractivity contribution in [2.75, 3.05) is 0 Å². The van der Waals surface area contributed by atoms with Crippen LogP contribution in [-0.2, 0) is 10.8 Å². The maximum absolute atomic E-state index is 5.28. The molecule has 0 N–H and O–H groups in total. The van der Waals surface area contributed by atoms with Gasteiger partial charge in [0, 0.05) is 33.4 Å². The van der Waals surface area contributed by atoms with Crippen molar-refractivity contribution in [3.8, 4) is 113 Å². The van der Waals surface area contributed by atoms with Crippen LogP contribution in [0.4, 0.5) is 0 Å². The summed E-state index contributed by atoms with van der Waals surface area (Å²) in [4.78, 5) is 30.8. The zero-order valence-corrected chi connectivity index (χ0v) is 61.3. The molecule has 110 heavy (non-hydrogen) atoms. The fourth-order valence-corrected chi connectivity index (χ4v) is 17.0. The molecule has 0 amide bonds. The number of aromatic nitrogens is 6. The molecule has 518 valence electrons. The van der Waals surface area contributed by atoms with Crippen LogP contribution in [0.15, 0.2) is 364 Å². The van der Waals surface area contributed by atoms with Crippen LogP contribution < -0.4 is 0 Å². The number of fused-ring (bicyclic) bond motifs is 17. The Hall–Kier alpha value is -13.9. The van der Waals surface area contributed by atoms with Gasteiger partial charge in [0.25, 0.3) is 0 Å². The van der Waals surface area contributed by atoms with Gasteiger partial charge in [-0.1, -0.05) is 355 Å². The molecule has 1 aliphatic carbocycles. The summed E-state index contributed by atoms with van der Waals surface area (Å²) >= 11 is 0. The zero-order chi connectivity index (χ0) is 73.6. The molecule has 0 radical (unpaired) electrons. The van der Waals surface area contributed by atoms with Gasteiger partial charge in [-0.05, 0) is 189 Å². The molecule has 0 spiro atoms. The molecule has 0 unspecified atom stereocenters. The van der Waals surface area contributed by atoms with Gasteiger partial charge in [-0.25, -0.2) is 29.9 Å². The first-order valence-corrected chi connectivity index (χ1v) is 37.8. The highest BCUT2D eigenvalue weighted by Gasteiger charge is 2.46. The Bertz CT molecular complexity index is 7090. The Labute approximate surface area is 638 Å². The number of benzene rings is 18. The number of nitrogens with zero attached hydrogens (tertiary/aromatic N) is 6. The minimum atomic E-state index is -0.139. The Balaban J connectivity index is 0.000000145. The average molecular weight is 1410 g/mol. The first-order chi connectivity index (χ1) is 54.0. The van der Waals surface area contributed by atoms with Crippen LogP contribution >= 0.6 is 0 Å². The Morgan fingerprint density at radius 2 is 0.473 bits per heavy atom. The van der Waals surface area contributed by atoms with E-state index in [1.54, 1.807) is 0 Å². The van der Waals surface area contributed by atoms with Crippen molar-refractivity contribution in [1.29, 1.82) is 0 Å². The molecule has 6 nitrogen and oxygen atoms in total. The van der Waals surface area contributed by atoms with Gasteiger partial charge in [0.15, 0.2) is 34.9 Å². The molecule has 0 saturated heterocycles. The van der Waals surface area contributed by atoms with Crippen LogP contribution in [0.5, 0.6) is 0 Å². The van der Waals surface area contributed by atoms with Crippen LogP contribution in [0.25, 0.3) is 199 Å². The molecular weight excluding hydrogens is 1330 g/mol. The molecule has 0 aliphatic heterocycles. The van der Waals surface area contributed by atoms with Gasteiger partial charge in [-0.15, -0.1) is 0 Å². The fourth-order valence-electron chi connectivity index (χ4n) is 17.0. The topological polar surface area (TPSA) is 77.3 Å². The third kappa shape index (κ3) is 11.3. The Kier molecular flexibility index (Phi) is 15.8. The maximum atomic E-state index is 5.28. The molecule has 0 bridgehead atoms. The van der Waals surface area contributed by atoms with Crippen molar-refractivity contribution in [3.63, 3.8) is 0 Å². The molecule has 20 aromatic rings. The van der Waals surface area contributed by atoms with E-state index in [0.29, 0.717) is 34.9 Å². The van der Waals surface area contributed by atoms with E-state index in [0.717, 1.165) is 55.6 Å².